The van der Waals surface area contributed by atoms with E-state index < -0.39 is 11.7 Å². The molecule has 96 valence electrons. The second-order valence-electron chi connectivity index (χ2n) is 4.28. The van der Waals surface area contributed by atoms with Gasteiger partial charge in [0.1, 0.15) is 5.82 Å². The predicted molar refractivity (Wildman–Crippen MR) is 69.3 cm³/mol. The molecule has 0 saturated carbocycles. The number of aliphatic hydroxyl groups is 2. The number of halogens is 2. The molecule has 0 aliphatic rings. The Balaban J connectivity index is 2.80. The molecule has 0 fully saturated rings. The van der Waals surface area contributed by atoms with Crippen molar-refractivity contribution >= 4 is 15.9 Å². The average Bonchev–Trinajstić information content (AvgIpc) is 2.32. The summed E-state index contributed by atoms with van der Waals surface area (Å²) < 4.78 is 13.4. The lowest BCUT2D eigenvalue weighted by atomic mass is 9.87. The molecular weight excluding hydrogens is 287 g/mol. The van der Waals surface area contributed by atoms with E-state index in [-0.39, 0.29) is 5.82 Å². The first kappa shape index (κ1) is 14.6. The van der Waals surface area contributed by atoms with Crippen molar-refractivity contribution in [3.63, 3.8) is 0 Å². The molecule has 2 N–H and O–H groups in total. The minimum absolute atomic E-state index is 0.317. The molecule has 17 heavy (non-hydrogen) atoms. The lowest BCUT2D eigenvalue weighted by Crippen LogP contribution is -2.42. The van der Waals surface area contributed by atoms with Crippen molar-refractivity contribution in [2.24, 2.45) is 0 Å². The molecule has 1 aromatic carbocycles. The van der Waals surface area contributed by atoms with Gasteiger partial charge in [-0.15, -0.1) is 0 Å². The molecule has 0 aliphatic carbocycles. The molecule has 0 aliphatic heterocycles. The van der Waals surface area contributed by atoms with Crippen molar-refractivity contribution < 1.29 is 14.6 Å². The number of benzene rings is 1. The summed E-state index contributed by atoms with van der Waals surface area (Å²) in [4.78, 5) is 0. The summed E-state index contributed by atoms with van der Waals surface area (Å²) in [5, 5.41) is 20.2. The zero-order chi connectivity index (χ0) is 13.1. The van der Waals surface area contributed by atoms with Crippen LogP contribution in [0.15, 0.2) is 22.7 Å². The summed E-state index contributed by atoms with van der Waals surface area (Å²) in [6.45, 7) is 3.68. The van der Waals surface area contributed by atoms with Gasteiger partial charge in [0.2, 0.25) is 0 Å². The fraction of sp³-hybridized carbons (Fsp3) is 0.538. The van der Waals surface area contributed by atoms with E-state index in [9.17, 15) is 14.6 Å². The molecule has 0 radical (unpaired) electrons. The number of hydrogen-bond acceptors (Lipinski definition) is 2. The van der Waals surface area contributed by atoms with Gasteiger partial charge in [-0.2, -0.15) is 0 Å². The first-order chi connectivity index (χ1) is 7.92. The van der Waals surface area contributed by atoms with Crippen molar-refractivity contribution in [1.82, 2.24) is 0 Å². The number of hydrogen-bond donors (Lipinski definition) is 2. The first-order valence-electron chi connectivity index (χ1n) is 5.77. The van der Waals surface area contributed by atoms with Crippen molar-refractivity contribution in [2.45, 2.75) is 44.8 Å². The third kappa shape index (κ3) is 3.50. The van der Waals surface area contributed by atoms with Crippen LogP contribution in [0.4, 0.5) is 4.39 Å². The molecule has 1 unspecified atom stereocenters. The van der Waals surface area contributed by atoms with Gasteiger partial charge in [-0.25, -0.2) is 4.39 Å². The van der Waals surface area contributed by atoms with E-state index in [1.54, 1.807) is 12.1 Å². The monoisotopic (exact) mass is 304 g/mol. The van der Waals surface area contributed by atoms with Gasteiger partial charge in [0.15, 0.2) is 0 Å². The SMILES string of the molecule is CCC(O)(CC)C(O)Cc1ccc(F)c(Br)c1. The van der Waals surface area contributed by atoms with Crippen LogP contribution in [-0.2, 0) is 6.42 Å². The van der Waals surface area contributed by atoms with Crippen LogP contribution in [0, 0.1) is 5.82 Å². The highest BCUT2D eigenvalue weighted by Gasteiger charge is 2.31. The van der Waals surface area contributed by atoms with E-state index in [1.165, 1.54) is 6.07 Å². The molecule has 0 spiro atoms. The topological polar surface area (TPSA) is 40.5 Å². The summed E-state index contributed by atoms with van der Waals surface area (Å²) in [7, 11) is 0. The van der Waals surface area contributed by atoms with Crippen molar-refractivity contribution in [3.05, 3.63) is 34.1 Å². The number of rotatable bonds is 5. The van der Waals surface area contributed by atoms with E-state index in [0.29, 0.717) is 23.7 Å². The van der Waals surface area contributed by atoms with Crippen LogP contribution in [-0.4, -0.2) is 21.9 Å². The minimum Gasteiger partial charge on any atom is -0.390 e. The lowest BCUT2D eigenvalue weighted by Gasteiger charge is -2.31. The third-order valence-electron chi connectivity index (χ3n) is 3.26. The Labute approximate surface area is 110 Å². The summed E-state index contributed by atoms with van der Waals surface area (Å²) >= 11 is 3.10. The second-order valence-corrected chi connectivity index (χ2v) is 5.13. The molecule has 1 rings (SSSR count). The van der Waals surface area contributed by atoms with E-state index >= 15 is 0 Å². The zero-order valence-corrected chi connectivity index (χ0v) is 11.7. The van der Waals surface area contributed by atoms with Crippen LogP contribution in [0.2, 0.25) is 0 Å². The molecule has 0 amide bonds. The Morgan fingerprint density at radius 3 is 2.41 bits per heavy atom. The van der Waals surface area contributed by atoms with Gasteiger partial charge >= 0.3 is 0 Å². The molecule has 1 atom stereocenters. The van der Waals surface area contributed by atoms with Gasteiger partial charge < -0.3 is 10.2 Å². The van der Waals surface area contributed by atoms with Gasteiger partial charge in [0.05, 0.1) is 16.2 Å². The van der Waals surface area contributed by atoms with Crippen molar-refractivity contribution in [1.29, 1.82) is 0 Å². The maximum absolute atomic E-state index is 13.0. The lowest BCUT2D eigenvalue weighted by molar-refractivity contribution is -0.0790. The Hall–Kier alpha value is -0.450. The predicted octanol–water partition coefficient (Wildman–Crippen LogP) is 3.04. The zero-order valence-electron chi connectivity index (χ0n) is 10.1. The maximum Gasteiger partial charge on any atom is 0.137 e. The average molecular weight is 305 g/mol. The largest absolute Gasteiger partial charge is 0.390 e. The molecular formula is C13H18BrFO2. The van der Waals surface area contributed by atoms with Crippen LogP contribution < -0.4 is 0 Å². The van der Waals surface area contributed by atoms with Crippen LogP contribution in [0.5, 0.6) is 0 Å². The van der Waals surface area contributed by atoms with Crippen LogP contribution in [0.1, 0.15) is 32.3 Å². The van der Waals surface area contributed by atoms with Gasteiger partial charge in [-0.3, -0.25) is 0 Å². The van der Waals surface area contributed by atoms with Crippen molar-refractivity contribution in [3.8, 4) is 0 Å². The maximum atomic E-state index is 13.0. The summed E-state index contributed by atoms with van der Waals surface area (Å²) in [6, 6.07) is 4.60. The quantitative estimate of drug-likeness (QED) is 0.878. The van der Waals surface area contributed by atoms with Gasteiger partial charge in [-0.1, -0.05) is 19.9 Å². The number of aliphatic hydroxyl groups excluding tert-OH is 1. The van der Waals surface area contributed by atoms with E-state index in [4.69, 9.17) is 0 Å². The van der Waals surface area contributed by atoms with E-state index in [1.807, 2.05) is 13.8 Å². The standard InChI is InChI=1S/C13H18BrFO2/c1-3-13(17,4-2)12(16)8-9-5-6-11(15)10(14)7-9/h5-7,12,16-17H,3-4,8H2,1-2H3. The normalized spacial score (nSPS) is 13.8. The van der Waals surface area contributed by atoms with Gasteiger partial charge in [0.25, 0.3) is 0 Å². The van der Waals surface area contributed by atoms with E-state index in [2.05, 4.69) is 15.9 Å². The second kappa shape index (κ2) is 5.94. The highest BCUT2D eigenvalue weighted by molar-refractivity contribution is 9.10. The van der Waals surface area contributed by atoms with E-state index in [0.717, 1.165) is 5.56 Å². The molecule has 0 heterocycles. The Bertz CT molecular complexity index is 378. The minimum atomic E-state index is -1.07. The fourth-order valence-electron chi connectivity index (χ4n) is 1.80. The highest BCUT2D eigenvalue weighted by Crippen LogP contribution is 2.24. The smallest absolute Gasteiger partial charge is 0.137 e. The summed E-state index contributed by atoms with van der Waals surface area (Å²) in [5.41, 5.74) is -0.271. The van der Waals surface area contributed by atoms with Crippen LogP contribution >= 0.6 is 15.9 Å². The van der Waals surface area contributed by atoms with Gasteiger partial charge in [0, 0.05) is 6.42 Å². The highest BCUT2D eigenvalue weighted by atomic mass is 79.9. The Morgan fingerprint density at radius 1 is 1.35 bits per heavy atom. The first-order valence-corrected chi connectivity index (χ1v) is 6.56. The molecule has 2 nitrogen and oxygen atoms in total. The summed E-state index contributed by atoms with van der Waals surface area (Å²) in [6.07, 6.45) is 0.465. The third-order valence-corrected chi connectivity index (χ3v) is 3.87. The van der Waals surface area contributed by atoms with Crippen molar-refractivity contribution in [2.75, 3.05) is 0 Å². The fourth-order valence-corrected chi connectivity index (χ4v) is 2.23. The van der Waals surface area contributed by atoms with Crippen LogP contribution in [0.25, 0.3) is 0 Å². The molecule has 4 heteroatoms. The Kier molecular flexibility index (Phi) is 5.10. The van der Waals surface area contributed by atoms with Crippen LogP contribution in [0.3, 0.4) is 0 Å². The molecule has 0 saturated heterocycles. The molecule has 0 aromatic heterocycles. The summed E-state index contributed by atoms with van der Waals surface area (Å²) in [5.74, 6) is -0.329. The molecule has 0 bridgehead atoms. The van der Waals surface area contributed by atoms with Gasteiger partial charge in [-0.05, 0) is 46.5 Å². The molecule has 1 aromatic rings. The Morgan fingerprint density at radius 2 is 1.94 bits per heavy atom.